The molecule has 8 heteroatoms. The molecule has 1 aliphatic carbocycles. The first kappa shape index (κ1) is 26.4. The molecule has 5 rings (SSSR count). The molecule has 2 aliphatic heterocycles. The van der Waals surface area contributed by atoms with Crippen molar-refractivity contribution in [2.24, 2.45) is 5.92 Å². The maximum absolute atomic E-state index is 13.9. The number of carbonyl (C=O) groups is 1. The summed E-state index contributed by atoms with van der Waals surface area (Å²) in [6, 6.07) is 3.01. The largest absolute Gasteiger partial charge is 0.378 e. The van der Waals surface area contributed by atoms with Gasteiger partial charge in [-0.15, -0.1) is 11.3 Å². The van der Waals surface area contributed by atoms with Crippen LogP contribution in [0, 0.1) is 26.7 Å². The molecule has 2 unspecified atom stereocenters. The molecule has 0 aromatic carbocycles. The molecule has 2 N–H and O–H groups in total. The third kappa shape index (κ3) is 5.00. The highest BCUT2D eigenvalue weighted by molar-refractivity contribution is 7.16. The molecule has 37 heavy (non-hydrogen) atoms. The van der Waals surface area contributed by atoms with Gasteiger partial charge in [0.2, 0.25) is 0 Å². The van der Waals surface area contributed by atoms with Gasteiger partial charge in [0.1, 0.15) is 0 Å². The van der Waals surface area contributed by atoms with Gasteiger partial charge in [0.05, 0.1) is 23.2 Å². The number of anilines is 1. The molecule has 2 fully saturated rings. The number of H-pyrrole nitrogens is 1. The van der Waals surface area contributed by atoms with E-state index in [1.54, 1.807) is 0 Å². The first-order valence-electron chi connectivity index (χ1n) is 14.0. The minimum absolute atomic E-state index is 0.0771. The number of nitrogens with zero attached hydrogens (tertiary/aromatic N) is 2. The van der Waals surface area contributed by atoms with Crippen molar-refractivity contribution in [2.45, 2.75) is 91.0 Å². The third-order valence-electron chi connectivity index (χ3n) is 8.92. The Morgan fingerprint density at radius 1 is 1.16 bits per heavy atom. The van der Waals surface area contributed by atoms with Crippen molar-refractivity contribution < 1.29 is 9.53 Å². The summed E-state index contributed by atoms with van der Waals surface area (Å²) in [6.45, 7) is 11.2. The average molecular weight is 527 g/mol. The number of hydrogen-bond donors (Lipinski definition) is 2. The molecule has 1 amide bonds. The summed E-state index contributed by atoms with van der Waals surface area (Å²) in [5.74, 6) is 0.770. The molecule has 0 spiro atoms. The standard InChI is InChI=1S/C29H42N4O3S/c1-6-33(21-11-9-20(10-12-21)26-23(36-5)15-30-26)29-19(4)25-24(37-29)8-7-13-32(28(25)35)16-22-17(2)14-18(3)31-27(22)34/h14,20-21,23,26,30H,6-13,15-16H2,1-5H3,(H,31,34). The Bertz CT molecular complexity index is 1190. The lowest BCUT2D eigenvalue weighted by Crippen LogP contribution is -2.62. The maximum atomic E-state index is 13.9. The Kier molecular flexibility index (Phi) is 7.80. The van der Waals surface area contributed by atoms with Crippen molar-refractivity contribution in [3.63, 3.8) is 0 Å². The molecule has 4 heterocycles. The number of aromatic amines is 1. The smallest absolute Gasteiger partial charge is 0.255 e. The monoisotopic (exact) mass is 526 g/mol. The first-order chi connectivity index (χ1) is 17.8. The topological polar surface area (TPSA) is 77.7 Å². The predicted octanol–water partition coefficient (Wildman–Crippen LogP) is 4.32. The van der Waals surface area contributed by atoms with E-state index in [0.717, 1.165) is 48.3 Å². The molecule has 1 saturated heterocycles. The lowest BCUT2D eigenvalue weighted by atomic mass is 9.77. The Hall–Kier alpha value is -2.16. The van der Waals surface area contributed by atoms with Gasteiger partial charge in [-0.05, 0) is 89.3 Å². The summed E-state index contributed by atoms with van der Waals surface area (Å²) >= 11 is 1.83. The van der Waals surface area contributed by atoms with Crippen LogP contribution in [0.2, 0.25) is 0 Å². The van der Waals surface area contributed by atoms with Crippen LogP contribution in [0.5, 0.6) is 0 Å². The Morgan fingerprint density at radius 2 is 1.92 bits per heavy atom. The summed E-state index contributed by atoms with van der Waals surface area (Å²) in [5.41, 5.74) is 4.41. The molecule has 0 radical (unpaired) electrons. The van der Waals surface area contributed by atoms with E-state index in [4.69, 9.17) is 4.74 Å². The lowest BCUT2D eigenvalue weighted by molar-refractivity contribution is -0.0152. The fourth-order valence-corrected chi connectivity index (χ4v) is 8.26. The Labute approximate surface area is 224 Å². The molecule has 2 aromatic heterocycles. The zero-order valence-electron chi connectivity index (χ0n) is 23.0. The highest BCUT2D eigenvalue weighted by Crippen LogP contribution is 2.42. The van der Waals surface area contributed by atoms with Gasteiger partial charge in [-0.25, -0.2) is 0 Å². The molecular formula is C29H42N4O3S. The second kappa shape index (κ2) is 10.9. The van der Waals surface area contributed by atoms with Crippen molar-refractivity contribution >= 4 is 22.2 Å². The first-order valence-corrected chi connectivity index (χ1v) is 14.8. The minimum Gasteiger partial charge on any atom is -0.378 e. The third-order valence-corrected chi connectivity index (χ3v) is 10.3. The number of aromatic nitrogens is 1. The number of amides is 1. The quantitative estimate of drug-likeness (QED) is 0.562. The molecular weight excluding hydrogens is 484 g/mol. The minimum atomic E-state index is -0.0841. The number of rotatable bonds is 7. The van der Waals surface area contributed by atoms with E-state index >= 15 is 0 Å². The number of ether oxygens (including phenoxy) is 1. The zero-order chi connectivity index (χ0) is 26.3. The number of hydrogen-bond acceptors (Lipinski definition) is 6. The number of methoxy groups -OCH3 is 1. The van der Waals surface area contributed by atoms with Crippen LogP contribution in [0.15, 0.2) is 10.9 Å². The van der Waals surface area contributed by atoms with Crippen molar-refractivity contribution in [2.75, 3.05) is 31.6 Å². The van der Waals surface area contributed by atoms with E-state index in [0.29, 0.717) is 42.8 Å². The highest BCUT2D eigenvalue weighted by atomic mass is 32.1. The van der Waals surface area contributed by atoms with Crippen LogP contribution in [0.4, 0.5) is 5.00 Å². The molecule has 2 atom stereocenters. The van der Waals surface area contributed by atoms with Gasteiger partial charge in [0, 0.05) is 55.0 Å². The van der Waals surface area contributed by atoms with Crippen molar-refractivity contribution in [1.82, 2.24) is 15.2 Å². The maximum Gasteiger partial charge on any atom is 0.255 e. The summed E-state index contributed by atoms with van der Waals surface area (Å²) in [4.78, 5) is 35.1. The van der Waals surface area contributed by atoms with E-state index in [1.807, 2.05) is 43.3 Å². The number of aryl methyl sites for hydroxylation is 3. The number of fused-ring (bicyclic) bond motifs is 1. The molecule has 0 bridgehead atoms. The van der Waals surface area contributed by atoms with Crippen LogP contribution >= 0.6 is 11.3 Å². The number of thiophene rings is 1. The summed E-state index contributed by atoms with van der Waals surface area (Å²) in [5, 5.41) is 4.86. The summed E-state index contributed by atoms with van der Waals surface area (Å²) < 4.78 is 5.64. The van der Waals surface area contributed by atoms with Crippen molar-refractivity contribution in [1.29, 1.82) is 0 Å². The summed E-state index contributed by atoms with van der Waals surface area (Å²) in [7, 11) is 1.83. The van der Waals surface area contributed by atoms with Crippen LogP contribution in [0.3, 0.4) is 0 Å². The summed E-state index contributed by atoms with van der Waals surface area (Å²) in [6.07, 6.45) is 7.03. The van der Waals surface area contributed by atoms with Gasteiger partial charge in [-0.1, -0.05) is 0 Å². The van der Waals surface area contributed by atoms with Gasteiger partial charge in [-0.3, -0.25) is 9.59 Å². The molecule has 1 saturated carbocycles. The molecule has 2 aromatic rings. The van der Waals surface area contributed by atoms with Crippen molar-refractivity contribution in [3.8, 4) is 0 Å². The number of pyridine rings is 1. The van der Waals surface area contributed by atoms with E-state index in [2.05, 4.69) is 29.0 Å². The van der Waals surface area contributed by atoms with E-state index in [1.165, 1.54) is 35.6 Å². The average Bonchev–Trinajstić information content (AvgIpc) is 3.07. The van der Waals surface area contributed by atoms with Crippen LogP contribution in [0.25, 0.3) is 0 Å². The van der Waals surface area contributed by atoms with Gasteiger partial charge in [0.25, 0.3) is 11.5 Å². The molecule has 3 aliphatic rings. The second-order valence-corrected chi connectivity index (χ2v) is 12.3. The van der Waals surface area contributed by atoms with Crippen LogP contribution in [0.1, 0.15) is 76.6 Å². The van der Waals surface area contributed by atoms with Gasteiger partial charge < -0.3 is 24.8 Å². The highest BCUT2D eigenvalue weighted by Gasteiger charge is 2.40. The number of nitrogens with one attached hydrogen (secondary N) is 2. The Balaban J connectivity index is 1.34. The van der Waals surface area contributed by atoms with Gasteiger partial charge >= 0.3 is 0 Å². The fraction of sp³-hybridized carbons (Fsp3) is 0.655. The number of carbonyl (C=O) groups excluding carboxylic acids is 1. The van der Waals surface area contributed by atoms with Crippen LogP contribution in [-0.4, -0.2) is 60.7 Å². The molecule has 202 valence electrons. The SMILES string of the molecule is CCN(c1sc2c(c1C)C(=O)N(Cc1c(C)cc(C)[nH]c1=O)CCC2)C1CCC(C2NCC2OC)CC1. The Morgan fingerprint density at radius 3 is 2.54 bits per heavy atom. The fourth-order valence-electron chi connectivity index (χ4n) is 6.79. The van der Waals surface area contributed by atoms with E-state index < -0.39 is 0 Å². The predicted molar refractivity (Wildman–Crippen MR) is 150 cm³/mol. The van der Waals surface area contributed by atoms with Gasteiger partial charge in [0.15, 0.2) is 0 Å². The molecule has 7 nitrogen and oxygen atoms in total. The van der Waals surface area contributed by atoms with Crippen molar-refractivity contribution in [3.05, 3.63) is 49.2 Å². The van der Waals surface area contributed by atoms with E-state index in [9.17, 15) is 9.59 Å². The van der Waals surface area contributed by atoms with Crippen LogP contribution < -0.4 is 15.8 Å². The van der Waals surface area contributed by atoms with Crippen LogP contribution in [-0.2, 0) is 17.7 Å². The van der Waals surface area contributed by atoms with Gasteiger partial charge in [-0.2, -0.15) is 0 Å². The normalized spacial score (nSPS) is 26.0. The second-order valence-electron chi connectivity index (χ2n) is 11.2. The van der Waals surface area contributed by atoms with E-state index in [-0.39, 0.29) is 11.5 Å². The zero-order valence-corrected chi connectivity index (χ0v) is 23.8. The lowest BCUT2D eigenvalue weighted by Gasteiger charge is -2.46.